The van der Waals surface area contributed by atoms with Gasteiger partial charge in [-0.1, -0.05) is 40.7 Å². The highest BCUT2D eigenvalue weighted by Crippen LogP contribution is 2.34. The van der Waals surface area contributed by atoms with Crippen LogP contribution < -0.4 is 0 Å². The standard InChI is InChI=1S/C16H14Cl2N4O2S2/c1-3-11(8-4-5-9(17)10(18)6-8)22-14(15(23)24-2)13(20-16(22)25)12-7-19-21-26-12/h4-7,11H,3H2,1-2H3,(H,20,25). The van der Waals surface area contributed by atoms with Crippen LogP contribution in [0.4, 0.5) is 0 Å². The van der Waals surface area contributed by atoms with Gasteiger partial charge in [-0.2, -0.15) is 0 Å². The van der Waals surface area contributed by atoms with E-state index in [1.165, 1.54) is 7.11 Å². The molecule has 2 heterocycles. The Morgan fingerprint density at radius 2 is 2.19 bits per heavy atom. The second-order valence-electron chi connectivity index (χ2n) is 5.39. The van der Waals surface area contributed by atoms with Crippen LogP contribution in [-0.4, -0.2) is 32.2 Å². The Hall–Kier alpha value is -1.74. The molecule has 0 aliphatic heterocycles. The quantitative estimate of drug-likeness (QED) is 0.448. The first-order chi connectivity index (χ1) is 12.5. The Kier molecular flexibility index (Phi) is 5.76. The number of halogens is 2. The number of imidazole rings is 1. The summed E-state index contributed by atoms with van der Waals surface area (Å²) in [5, 5.41) is 4.74. The Balaban J connectivity index is 2.23. The molecule has 1 aromatic carbocycles. The van der Waals surface area contributed by atoms with E-state index in [0.29, 0.717) is 37.5 Å². The molecule has 0 spiro atoms. The van der Waals surface area contributed by atoms with E-state index in [1.54, 1.807) is 22.9 Å². The lowest BCUT2D eigenvalue weighted by Gasteiger charge is -2.20. The monoisotopic (exact) mass is 428 g/mol. The molecule has 3 aromatic rings. The van der Waals surface area contributed by atoms with Crippen molar-refractivity contribution < 1.29 is 9.53 Å². The van der Waals surface area contributed by atoms with Gasteiger partial charge in [0.2, 0.25) is 0 Å². The fraction of sp³-hybridized carbons (Fsp3) is 0.250. The molecule has 136 valence electrons. The van der Waals surface area contributed by atoms with E-state index in [2.05, 4.69) is 14.6 Å². The lowest BCUT2D eigenvalue weighted by molar-refractivity contribution is 0.0587. The maximum Gasteiger partial charge on any atom is 0.357 e. The molecule has 1 unspecified atom stereocenters. The Labute approximate surface area is 168 Å². The average molecular weight is 429 g/mol. The zero-order valence-corrected chi connectivity index (χ0v) is 17.0. The van der Waals surface area contributed by atoms with Crippen LogP contribution in [0.2, 0.25) is 10.0 Å². The molecule has 2 aromatic heterocycles. The molecule has 0 saturated heterocycles. The number of esters is 1. The topological polar surface area (TPSA) is 72.8 Å². The second kappa shape index (κ2) is 7.87. The van der Waals surface area contributed by atoms with Crippen LogP contribution in [0.5, 0.6) is 0 Å². The highest BCUT2D eigenvalue weighted by Gasteiger charge is 2.27. The predicted molar refractivity (Wildman–Crippen MR) is 105 cm³/mol. The summed E-state index contributed by atoms with van der Waals surface area (Å²) < 4.78 is 11.0. The van der Waals surface area contributed by atoms with Crippen molar-refractivity contribution in [2.45, 2.75) is 19.4 Å². The van der Waals surface area contributed by atoms with Crippen molar-refractivity contribution in [1.29, 1.82) is 0 Å². The first-order valence-corrected chi connectivity index (χ1v) is 9.57. The number of H-pyrrole nitrogens is 1. The third-order valence-corrected chi connectivity index (χ3v) is 5.66. The number of aromatic nitrogens is 4. The fourth-order valence-corrected chi connectivity index (χ4v) is 3.93. The van der Waals surface area contributed by atoms with Gasteiger partial charge in [-0.3, -0.25) is 0 Å². The van der Waals surface area contributed by atoms with E-state index >= 15 is 0 Å². The van der Waals surface area contributed by atoms with Crippen molar-refractivity contribution in [1.82, 2.24) is 19.1 Å². The normalized spacial score (nSPS) is 12.2. The molecule has 3 rings (SSSR count). The zero-order chi connectivity index (χ0) is 18.8. The summed E-state index contributed by atoms with van der Waals surface area (Å²) in [4.78, 5) is 16.3. The molecule has 0 saturated carbocycles. The van der Waals surface area contributed by atoms with E-state index in [1.807, 2.05) is 13.0 Å². The smallest absolute Gasteiger partial charge is 0.357 e. The lowest BCUT2D eigenvalue weighted by Crippen LogP contribution is -2.17. The summed E-state index contributed by atoms with van der Waals surface area (Å²) in [5.74, 6) is -0.501. The molecule has 6 nitrogen and oxygen atoms in total. The third kappa shape index (κ3) is 3.42. The summed E-state index contributed by atoms with van der Waals surface area (Å²) >= 11 is 18.9. The van der Waals surface area contributed by atoms with Crippen LogP contribution in [0.1, 0.15) is 35.4 Å². The number of rotatable bonds is 5. The minimum Gasteiger partial charge on any atom is -0.464 e. The molecule has 10 heteroatoms. The fourth-order valence-electron chi connectivity index (χ4n) is 2.79. The predicted octanol–water partition coefficient (Wildman–Crippen LogP) is 5.16. The van der Waals surface area contributed by atoms with Gasteiger partial charge in [-0.25, -0.2) is 4.79 Å². The van der Waals surface area contributed by atoms with Crippen LogP contribution in [0.25, 0.3) is 10.6 Å². The number of benzene rings is 1. The molecule has 0 aliphatic rings. The maximum atomic E-state index is 12.5. The average Bonchev–Trinajstić information content (AvgIpc) is 3.26. The van der Waals surface area contributed by atoms with Crippen molar-refractivity contribution in [2.75, 3.05) is 7.11 Å². The summed E-state index contributed by atoms with van der Waals surface area (Å²) in [6.07, 6.45) is 2.25. The summed E-state index contributed by atoms with van der Waals surface area (Å²) in [5.41, 5.74) is 1.74. The molecule has 0 bridgehead atoms. The molecule has 0 aliphatic carbocycles. The SMILES string of the molecule is CCC(c1ccc(Cl)c(Cl)c1)n1c(C(=O)OC)c(-c2cnns2)[nH]c1=S. The number of nitrogens with one attached hydrogen (secondary N) is 1. The van der Waals surface area contributed by atoms with Gasteiger partial charge in [0.15, 0.2) is 10.5 Å². The summed E-state index contributed by atoms with van der Waals surface area (Å²) in [6.45, 7) is 2.00. The summed E-state index contributed by atoms with van der Waals surface area (Å²) in [7, 11) is 1.33. The molecule has 26 heavy (non-hydrogen) atoms. The number of ether oxygens (including phenoxy) is 1. The highest BCUT2D eigenvalue weighted by atomic mass is 35.5. The van der Waals surface area contributed by atoms with Crippen LogP contribution in [0.3, 0.4) is 0 Å². The number of hydrogen-bond acceptors (Lipinski definition) is 6. The number of carbonyl (C=O) groups is 1. The van der Waals surface area contributed by atoms with Crippen molar-refractivity contribution in [3.63, 3.8) is 0 Å². The Morgan fingerprint density at radius 1 is 1.42 bits per heavy atom. The number of methoxy groups -OCH3 is 1. The first kappa shape index (κ1) is 19.0. The number of nitrogens with zero attached hydrogens (tertiary/aromatic N) is 3. The van der Waals surface area contributed by atoms with Gasteiger partial charge < -0.3 is 14.3 Å². The van der Waals surface area contributed by atoms with Crippen molar-refractivity contribution in [3.8, 4) is 10.6 Å². The molecule has 0 amide bonds. The van der Waals surface area contributed by atoms with Crippen molar-refractivity contribution >= 4 is 52.9 Å². The molecular weight excluding hydrogens is 415 g/mol. The minimum absolute atomic E-state index is 0.225. The van der Waals surface area contributed by atoms with Crippen molar-refractivity contribution in [2.24, 2.45) is 0 Å². The molecule has 1 atom stereocenters. The molecule has 0 fully saturated rings. The largest absolute Gasteiger partial charge is 0.464 e. The molecular formula is C16H14Cl2N4O2S2. The Morgan fingerprint density at radius 3 is 2.77 bits per heavy atom. The van der Waals surface area contributed by atoms with Gasteiger partial charge in [-0.05, 0) is 47.9 Å². The van der Waals surface area contributed by atoms with Crippen LogP contribution in [0, 0.1) is 4.77 Å². The van der Waals surface area contributed by atoms with E-state index in [-0.39, 0.29) is 6.04 Å². The number of carbonyl (C=O) groups excluding carboxylic acids is 1. The molecule has 0 radical (unpaired) electrons. The van der Waals surface area contributed by atoms with Crippen LogP contribution >= 0.6 is 47.0 Å². The van der Waals surface area contributed by atoms with Gasteiger partial charge in [0.1, 0.15) is 0 Å². The summed E-state index contributed by atoms with van der Waals surface area (Å²) in [6, 6.07) is 5.15. The third-order valence-electron chi connectivity index (χ3n) is 3.94. The van der Waals surface area contributed by atoms with Crippen molar-refractivity contribution in [3.05, 3.63) is 50.5 Å². The maximum absolute atomic E-state index is 12.5. The van der Waals surface area contributed by atoms with Gasteiger partial charge in [0, 0.05) is 0 Å². The van der Waals surface area contributed by atoms with Crippen LogP contribution in [-0.2, 0) is 4.74 Å². The van der Waals surface area contributed by atoms with E-state index in [9.17, 15) is 4.79 Å². The van der Waals surface area contributed by atoms with Gasteiger partial charge in [-0.15, -0.1) is 5.10 Å². The van der Waals surface area contributed by atoms with E-state index in [4.69, 9.17) is 40.2 Å². The van der Waals surface area contributed by atoms with Gasteiger partial charge in [0.25, 0.3) is 0 Å². The van der Waals surface area contributed by atoms with Gasteiger partial charge >= 0.3 is 5.97 Å². The molecule has 1 N–H and O–H groups in total. The second-order valence-corrected chi connectivity index (χ2v) is 7.38. The highest BCUT2D eigenvalue weighted by molar-refractivity contribution is 7.71. The van der Waals surface area contributed by atoms with Gasteiger partial charge in [0.05, 0.1) is 40.0 Å². The zero-order valence-electron chi connectivity index (χ0n) is 13.8. The first-order valence-electron chi connectivity index (χ1n) is 7.63. The number of hydrogen-bond donors (Lipinski definition) is 1. The van der Waals surface area contributed by atoms with E-state index in [0.717, 1.165) is 17.1 Å². The number of aromatic amines is 1. The van der Waals surface area contributed by atoms with Crippen LogP contribution in [0.15, 0.2) is 24.4 Å². The minimum atomic E-state index is -0.501. The lowest BCUT2D eigenvalue weighted by atomic mass is 10.0. The Bertz CT molecular complexity index is 998. The van der Waals surface area contributed by atoms with E-state index < -0.39 is 5.97 Å².